The molecular weight excluding hydrogens is 268 g/mol. The molecule has 0 rings (SSSR count). The topological polar surface area (TPSA) is 38.0 Å². The molecule has 132 valence electrons. The second kappa shape index (κ2) is 20.7. The van der Waals surface area contributed by atoms with Gasteiger partial charge in [0.1, 0.15) is 0 Å². The molecule has 3 N–H and O–H groups in total. The summed E-state index contributed by atoms with van der Waals surface area (Å²) in [6.45, 7) is 5.43. The van der Waals surface area contributed by atoms with Crippen LogP contribution in [0.3, 0.4) is 0 Å². The van der Waals surface area contributed by atoms with Gasteiger partial charge in [-0.2, -0.15) is 0 Å². The van der Waals surface area contributed by atoms with Crippen molar-refractivity contribution in [2.75, 3.05) is 19.6 Å². The molecule has 0 fully saturated rings. The third kappa shape index (κ3) is 19.7. The molecule has 0 spiro atoms. The maximum atomic E-state index is 5.47. The van der Waals surface area contributed by atoms with E-state index in [4.69, 9.17) is 5.73 Å². The first-order valence-corrected chi connectivity index (χ1v) is 9.97. The van der Waals surface area contributed by atoms with Crippen molar-refractivity contribution in [3.8, 4) is 0 Å². The monoisotopic (exact) mass is 310 g/mol. The van der Waals surface area contributed by atoms with Gasteiger partial charge >= 0.3 is 0 Å². The summed E-state index contributed by atoms with van der Waals surface area (Å²) in [5.74, 6) is 0. The summed E-state index contributed by atoms with van der Waals surface area (Å²) >= 11 is 0. The van der Waals surface area contributed by atoms with Gasteiger partial charge in [0.2, 0.25) is 0 Å². The average Bonchev–Trinajstić information content (AvgIpc) is 2.54. The Kier molecular flexibility index (Phi) is 20.3. The van der Waals surface area contributed by atoms with Crippen molar-refractivity contribution in [1.29, 1.82) is 0 Å². The summed E-state index contributed by atoms with van der Waals surface area (Å²) < 4.78 is 0. The number of rotatable bonds is 18. The molecule has 0 aromatic heterocycles. The molecule has 0 aliphatic carbocycles. The van der Waals surface area contributed by atoms with E-state index in [-0.39, 0.29) is 0 Å². The molecular formula is C20H42N2. The van der Waals surface area contributed by atoms with Crippen molar-refractivity contribution < 1.29 is 0 Å². The zero-order valence-corrected chi connectivity index (χ0v) is 15.3. The molecule has 0 aromatic carbocycles. The van der Waals surface area contributed by atoms with Crippen LogP contribution in [0.4, 0.5) is 0 Å². The molecule has 0 aliphatic rings. The summed E-state index contributed by atoms with van der Waals surface area (Å²) in [4.78, 5) is 0. The van der Waals surface area contributed by atoms with Crippen molar-refractivity contribution in [2.45, 2.75) is 96.8 Å². The lowest BCUT2D eigenvalue weighted by molar-refractivity contribution is 0.556. The van der Waals surface area contributed by atoms with Crippen molar-refractivity contribution in [3.63, 3.8) is 0 Å². The highest BCUT2D eigenvalue weighted by atomic mass is 14.8. The van der Waals surface area contributed by atoms with Crippen molar-refractivity contribution in [3.05, 3.63) is 12.2 Å². The minimum Gasteiger partial charge on any atom is -0.330 e. The third-order valence-corrected chi connectivity index (χ3v) is 4.17. The van der Waals surface area contributed by atoms with Crippen LogP contribution in [0.15, 0.2) is 12.2 Å². The number of nitrogens with two attached hydrogens (primary N) is 1. The van der Waals surface area contributed by atoms with E-state index in [0.717, 1.165) is 19.5 Å². The summed E-state index contributed by atoms with van der Waals surface area (Å²) in [6, 6.07) is 0. The molecule has 2 nitrogen and oxygen atoms in total. The van der Waals surface area contributed by atoms with Crippen LogP contribution in [0.5, 0.6) is 0 Å². The quantitative estimate of drug-likeness (QED) is 0.256. The predicted octanol–water partition coefficient (Wildman–Crippen LogP) is 5.57. The lowest BCUT2D eigenvalue weighted by Crippen LogP contribution is -2.17. The van der Waals surface area contributed by atoms with Crippen LogP contribution in [0.2, 0.25) is 0 Å². The predicted molar refractivity (Wildman–Crippen MR) is 101 cm³/mol. The van der Waals surface area contributed by atoms with E-state index in [1.165, 1.54) is 90.0 Å². The van der Waals surface area contributed by atoms with Crippen LogP contribution in [-0.4, -0.2) is 19.6 Å². The molecule has 0 atom stereocenters. The maximum Gasteiger partial charge on any atom is -0.00484 e. The Labute approximate surface area is 140 Å². The van der Waals surface area contributed by atoms with Gasteiger partial charge in [0.25, 0.3) is 0 Å². The van der Waals surface area contributed by atoms with Crippen molar-refractivity contribution in [2.24, 2.45) is 5.73 Å². The summed E-state index contributed by atoms with van der Waals surface area (Å²) in [5.41, 5.74) is 5.47. The van der Waals surface area contributed by atoms with E-state index in [2.05, 4.69) is 24.4 Å². The van der Waals surface area contributed by atoms with Crippen LogP contribution < -0.4 is 11.1 Å². The van der Waals surface area contributed by atoms with Gasteiger partial charge in [-0.15, -0.1) is 0 Å². The number of unbranched alkanes of at least 4 members (excludes halogenated alkanes) is 11. The maximum absolute atomic E-state index is 5.47. The Hall–Kier alpha value is -0.340. The van der Waals surface area contributed by atoms with Crippen LogP contribution in [0, 0.1) is 0 Å². The molecule has 0 saturated heterocycles. The van der Waals surface area contributed by atoms with Crippen LogP contribution in [-0.2, 0) is 0 Å². The Morgan fingerprint density at radius 2 is 1.14 bits per heavy atom. The van der Waals surface area contributed by atoms with Gasteiger partial charge in [-0.05, 0) is 64.6 Å². The fraction of sp³-hybridized carbons (Fsp3) is 0.900. The number of allylic oxidation sites excluding steroid dienone is 2. The van der Waals surface area contributed by atoms with Gasteiger partial charge in [0, 0.05) is 0 Å². The zero-order chi connectivity index (χ0) is 16.1. The normalized spacial score (nSPS) is 11.5. The van der Waals surface area contributed by atoms with Crippen molar-refractivity contribution >= 4 is 0 Å². The molecule has 0 unspecified atom stereocenters. The highest BCUT2D eigenvalue weighted by molar-refractivity contribution is 4.81. The smallest absolute Gasteiger partial charge is 0.00484 e. The SMILES string of the molecule is CCCCCC/C=C\CCCCCCCCNCCCCN. The Bertz CT molecular complexity index is 214. The van der Waals surface area contributed by atoms with Gasteiger partial charge in [-0.25, -0.2) is 0 Å². The molecule has 0 heterocycles. The van der Waals surface area contributed by atoms with E-state index in [1.54, 1.807) is 0 Å². The van der Waals surface area contributed by atoms with Gasteiger partial charge in [-0.1, -0.05) is 64.0 Å². The first kappa shape index (κ1) is 21.7. The minimum atomic E-state index is 0.829. The average molecular weight is 311 g/mol. The van der Waals surface area contributed by atoms with Gasteiger partial charge in [0.05, 0.1) is 0 Å². The Balaban J connectivity index is 3.00. The molecule has 0 saturated carbocycles. The molecule has 0 aromatic rings. The van der Waals surface area contributed by atoms with E-state index in [0.29, 0.717) is 0 Å². The standard InChI is InChI=1S/C20H42N2/c1-2-3-4-5-6-7-8-9-10-11-12-13-14-16-19-22-20-17-15-18-21/h7-8,22H,2-6,9-21H2,1H3/b8-7-. The Morgan fingerprint density at radius 3 is 1.73 bits per heavy atom. The van der Waals surface area contributed by atoms with Gasteiger partial charge in [-0.3, -0.25) is 0 Å². The highest BCUT2D eigenvalue weighted by Gasteiger charge is 1.92. The van der Waals surface area contributed by atoms with Crippen LogP contribution in [0.25, 0.3) is 0 Å². The summed E-state index contributed by atoms with van der Waals surface area (Å²) in [7, 11) is 0. The van der Waals surface area contributed by atoms with Gasteiger partial charge < -0.3 is 11.1 Å². The highest BCUT2D eigenvalue weighted by Crippen LogP contribution is 2.08. The molecule has 0 amide bonds. The van der Waals surface area contributed by atoms with E-state index >= 15 is 0 Å². The lowest BCUT2D eigenvalue weighted by Gasteiger charge is -2.04. The third-order valence-electron chi connectivity index (χ3n) is 4.17. The van der Waals surface area contributed by atoms with Gasteiger partial charge in [0.15, 0.2) is 0 Å². The fourth-order valence-electron chi connectivity index (χ4n) is 2.66. The lowest BCUT2D eigenvalue weighted by atomic mass is 10.1. The summed E-state index contributed by atoms with van der Waals surface area (Å²) in [6.07, 6.45) is 23.6. The van der Waals surface area contributed by atoms with Crippen LogP contribution >= 0.6 is 0 Å². The van der Waals surface area contributed by atoms with Crippen LogP contribution in [0.1, 0.15) is 96.8 Å². The van der Waals surface area contributed by atoms with Crippen molar-refractivity contribution in [1.82, 2.24) is 5.32 Å². The fourth-order valence-corrected chi connectivity index (χ4v) is 2.66. The number of hydrogen-bond donors (Lipinski definition) is 2. The number of nitrogens with one attached hydrogen (secondary N) is 1. The number of hydrogen-bond acceptors (Lipinski definition) is 2. The van der Waals surface area contributed by atoms with E-state index in [9.17, 15) is 0 Å². The largest absolute Gasteiger partial charge is 0.330 e. The zero-order valence-electron chi connectivity index (χ0n) is 15.3. The first-order chi connectivity index (χ1) is 10.9. The van der Waals surface area contributed by atoms with E-state index in [1.807, 2.05) is 0 Å². The molecule has 22 heavy (non-hydrogen) atoms. The molecule has 2 heteroatoms. The second-order valence-electron chi connectivity index (χ2n) is 6.48. The molecule has 0 radical (unpaired) electrons. The Morgan fingerprint density at radius 1 is 0.636 bits per heavy atom. The first-order valence-electron chi connectivity index (χ1n) is 9.97. The summed E-state index contributed by atoms with van der Waals surface area (Å²) in [5, 5.41) is 3.50. The second-order valence-corrected chi connectivity index (χ2v) is 6.48. The van der Waals surface area contributed by atoms with E-state index < -0.39 is 0 Å². The minimum absolute atomic E-state index is 0.829. The molecule has 0 aliphatic heterocycles. The molecule has 0 bridgehead atoms.